The van der Waals surface area contributed by atoms with E-state index in [1.165, 1.54) is 12.1 Å². The molecule has 1 aliphatic heterocycles. The minimum atomic E-state index is -1.19. The first-order valence-corrected chi connectivity index (χ1v) is 6.71. The molecular formula is C14H13ClN2O5. The molecule has 2 amide bonds. The summed E-state index contributed by atoms with van der Waals surface area (Å²) in [5.74, 6) is -2.39. The fraction of sp³-hybridized carbons (Fsp3) is 0.214. The van der Waals surface area contributed by atoms with Crippen LogP contribution in [0.5, 0.6) is 0 Å². The van der Waals surface area contributed by atoms with Crippen molar-refractivity contribution in [3.05, 3.63) is 40.1 Å². The second kappa shape index (κ2) is 6.17. The van der Waals surface area contributed by atoms with E-state index in [0.717, 1.165) is 11.0 Å². The summed E-state index contributed by atoms with van der Waals surface area (Å²) in [5, 5.41) is 21.0. The van der Waals surface area contributed by atoms with Crippen LogP contribution in [0.4, 0.5) is 5.69 Å². The molecule has 116 valence electrons. The van der Waals surface area contributed by atoms with Gasteiger partial charge in [0.2, 0.25) is 0 Å². The average Bonchev–Trinajstić information content (AvgIpc) is 2.70. The molecule has 7 nitrogen and oxygen atoms in total. The maximum Gasteiger partial charge on any atom is 0.337 e. The number of benzene rings is 1. The lowest BCUT2D eigenvalue weighted by Crippen LogP contribution is -2.34. The van der Waals surface area contributed by atoms with Gasteiger partial charge in [0.25, 0.3) is 11.8 Å². The molecule has 1 heterocycles. The number of aromatic carboxylic acids is 1. The molecule has 1 aliphatic rings. The molecule has 0 spiro atoms. The zero-order valence-corrected chi connectivity index (χ0v) is 12.3. The van der Waals surface area contributed by atoms with Crippen molar-refractivity contribution < 1.29 is 24.6 Å². The number of carboxylic acid groups (broad SMARTS) is 1. The molecule has 22 heavy (non-hydrogen) atoms. The SMILES string of the molecule is Cc1cc(C(=O)O)c(NC2=CC(=O)N(CCO)C2=O)cc1Cl. The summed E-state index contributed by atoms with van der Waals surface area (Å²) >= 11 is 5.97. The number of nitrogens with one attached hydrogen (secondary N) is 1. The van der Waals surface area contributed by atoms with Crippen LogP contribution in [0.2, 0.25) is 5.02 Å². The van der Waals surface area contributed by atoms with Gasteiger partial charge in [0.15, 0.2) is 0 Å². The predicted octanol–water partition coefficient (Wildman–Crippen LogP) is 1.00. The van der Waals surface area contributed by atoms with Crippen molar-refractivity contribution in [1.29, 1.82) is 0 Å². The maximum absolute atomic E-state index is 12.0. The maximum atomic E-state index is 12.0. The third-order valence-electron chi connectivity index (χ3n) is 3.13. The lowest BCUT2D eigenvalue weighted by Gasteiger charge is -2.15. The van der Waals surface area contributed by atoms with Crippen LogP contribution in [0, 0.1) is 6.92 Å². The van der Waals surface area contributed by atoms with Crippen molar-refractivity contribution in [3.8, 4) is 0 Å². The van der Waals surface area contributed by atoms with Crippen molar-refractivity contribution in [2.24, 2.45) is 0 Å². The number of aliphatic hydroxyl groups is 1. The number of aryl methyl sites for hydroxylation is 1. The molecular weight excluding hydrogens is 312 g/mol. The van der Waals surface area contributed by atoms with E-state index >= 15 is 0 Å². The lowest BCUT2D eigenvalue weighted by molar-refractivity contribution is -0.137. The predicted molar refractivity (Wildman–Crippen MR) is 78.7 cm³/mol. The molecule has 0 aromatic heterocycles. The lowest BCUT2D eigenvalue weighted by atomic mass is 10.1. The normalized spacial score (nSPS) is 14.3. The molecule has 0 atom stereocenters. The van der Waals surface area contributed by atoms with E-state index in [1.807, 2.05) is 0 Å². The van der Waals surface area contributed by atoms with Gasteiger partial charge in [0.1, 0.15) is 5.70 Å². The number of carboxylic acids is 1. The van der Waals surface area contributed by atoms with Gasteiger partial charge < -0.3 is 15.5 Å². The fourth-order valence-electron chi connectivity index (χ4n) is 2.02. The highest BCUT2D eigenvalue weighted by molar-refractivity contribution is 6.32. The van der Waals surface area contributed by atoms with E-state index in [0.29, 0.717) is 10.6 Å². The van der Waals surface area contributed by atoms with Gasteiger partial charge in [-0.05, 0) is 24.6 Å². The van der Waals surface area contributed by atoms with E-state index in [-0.39, 0.29) is 30.1 Å². The minimum Gasteiger partial charge on any atom is -0.478 e. The summed E-state index contributed by atoms with van der Waals surface area (Å²) < 4.78 is 0. The zero-order chi connectivity index (χ0) is 16.4. The largest absolute Gasteiger partial charge is 0.478 e. The molecule has 8 heteroatoms. The summed E-state index contributed by atoms with van der Waals surface area (Å²) in [6.07, 6.45) is 1.05. The van der Waals surface area contributed by atoms with Crippen LogP contribution in [0.15, 0.2) is 23.9 Å². The van der Waals surface area contributed by atoms with Crippen molar-refractivity contribution in [1.82, 2.24) is 4.90 Å². The molecule has 0 bridgehead atoms. The van der Waals surface area contributed by atoms with Crippen molar-refractivity contribution in [3.63, 3.8) is 0 Å². The summed E-state index contributed by atoms with van der Waals surface area (Å²) in [6, 6.07) is 2.76. The van der Waals surface area contributed by atoms with Crippen molar-refractivity contribution in [2.75, 3.05) is 18.5 Å². The number of imide groups is 1. The van der Waals surface area contributed by atoms with E-state index in [2.05, 4.69) is 5.32 Å². The summed E-state index contributed by atoms with van der Waals surface area (Å²) in [7, 11) is 0. The molecule has 0 unspecified atom stereocenters. The van der Waals surface area contributed by atoms with Crippen molar-refractivity contribution >= 4 is 35.1 Å². The Morgan fingerprint density at radius 3 is 2.64 bits per heavy atom. The standard InChI is InChI=1S/C14H13ClN2O5/c1-7-4-8(14(21)22)10(5-9(7)15)16-11-6-12(19)17(2-3-18)13(11)20/h4-6,16,18H,2-3H2,1H3,(H,21,22). The highest BCUT2D eigenvalue weighted by atomic mass is 35.5. The van der Waals surface area contributed by atoms with Crippen LogP contribution in [-0.4, -0.2) is 46.0 Å². The third kappa shape index (κ3) is 2.95. The Bertz CT molecular complexity index is 699. The molecule has 0 saturated heterocycles. The second-order valence-corrected chi connectivity index (χ2v) is 5.06. The first kappa shape index (κ1) is 16.0. The molecule has 1 aromatic carbocycles. The van der Waals surface area contributed by atoms with Crippen LogP contribution in [0.1, 0.15) is 15.9 Å². The van der Waals surface area contributed by atoms with Gasteiger partial charge in [-0.3, -0.25) is 14.5 Å². The van der Waals surface area contributed by atoms with E-state index in [9.17, 15) is 19.5 Å². The molecule has 0 aliphatic carbocycles. The Labute approximate surface area is 130 Å². The Hall–Kier alpha value is -2.38. The average molecular weight is 325 g/mol. The number of amides is 2. The molecule has 0 saturated carbocycles. The van der Waals surface area contributed by atoms with E-state index in [4.69, 9.17) is 16.7 Å². The first-order chi connectivity index (χ1) is 10.3. The van der Waals surface area contributed by atoms with E-state index < -0.39 is 17.8 Å². The second-order valence-electron chi connectivity index (χ2n) is 4.65. The number of anilines is 1. The smallest absolute Gasteiger partial charge is 0.337 e. The number of β-amino-alcohol motifs (C(OH)–C–C–N with tert-alkyl or cyclic N) is 1. The summed E-state index contributed by atoms with van der Waals surface area (Å²) in [6.45, 7) is 1.18. The number of hydrogen-bond donors (Lipinski definition) is 3. The van der Waals surface area contributed by atoms with Gasteiger partial charge in [0, 0.05) is 11.1 Å². The van der Waals surface area contributed by atoms with Gasteiger partial charge in [-0.15, -0.1) is 0 Å². The number of carbonyl (C=O) groups excluding carboxylic acids is 2. The Balaban J connectivity index is 2.34. The Morgan fingerprint density at radius 1 is 1.36 bits per heavy atom. The quantitative estimate of drug-likeness (QED) is 0.698. The van der Waals surface area contributed by atoms with Crippen molar-refractivity contribution in [2.45, 2.75) is 6.92 Å². The number of hydrogen-bond acceptors (Lipinski definition) is 5. The first-order valence-electron chi connectivity index (χ1n) is 6.34. The summed E-state index contributed by atoms with van der Waals surface area (Å²) in [5.41, 5.74) is 0.556. The number of carbonyl (C=O) groups is 3. The van der Waals surface area contributed by atoms with E-state index in [1.54, 1.807) is 6.92 Å². The summed E-state index contributed by atoms with van der Waals surface area (Å²) in [4.78, 5) is 35.8. The monoisotopic (exact) mass is 324 g/mol. The Kier molecular flexibility index (Phi) is 4.48. The third-order valence-corrected chi connectivity index (χ3v) is 3.54. The molecule has 0 radical (unpaired) electrons. The van der Waals surface area contributed by atoms with Crippen LogP contribution in [-0.2, 0) is 9.59 Å². The number of halogens is 1. The topological polar surface area (TPSA) is 107 Å². The Morgan fingerprint density at radius 2 is 2.05 bits per heavy atom. The van der Waals surface area contributed by atoms with Gasteiger partial charge in [-0.2, -0.15) is 0 Å². The zero-order valence-electron chi connectivity index (χ0n) is 11.6. The molecule has 3 N–H and O–H groups in total. The van der Waals surface area contributed by atoms with Crippen LogP contribution < -0.4 is 5.32 Å². The molecule has 1 aromatic rings. The number of nitrogens with zero attached hydrogens (tertiary/aromatic N) is 1. The van der Waals surface area contributed by atoms with Gasteiger partial charge in [0.05, 0.1) is 24.4 Å². The number of rotatable bonds is 5. The highest BCUT2D eigenvalue weighted by Gasteiger charge is 2.31. The fourth-order valence-corrected chi connectivity index (χ4v) is 2.18. The van der Waals surface area contributed by atoms with Crippen LogP contribution in [0.25, 0.3) is 0 Å². The molecule has 2 rings (SSSR count). The van der Waals surface area contributed by atoms with Gasteiger partial charge >= 0.3 is 5.97 Å². The van der Waals surface area contributed by atoms with Gasteiger partial charge in [-0.1, -0.05) is 11.6 Å². The minimum absolute atomic E-state index is 0.0661. The van der Waals surface area contributed by atoms with Crippen LogP contribution >= 0.6 is 11.6 Å². The van der Waals surface area contributed by atoms with Crippen LogP contribution in [0.3, 0.4) is 0 Å². The molecule has 0 fully saturated rings. The van der Waals surface area contributed by atoms with Gasteiger partial charge in [-0.25, -0.2) is 4.79 Å². The highest BCUT2D eigenvalue weighted by Crippen LogP contribution is 2.27. The number of aliphatic hydroxyl groups excluding tert-OH is 1.